The molecule has 1 aromatic rings. The van der Waals surface area contributed by atoms with Crippen LogP contribution in [0.2, 0.25) is 0 Å². The highest BCUT2D eigenvalue weighted by molar-refractivity contribution is 14.1. The van der Waals surface area contributed by atoms with Crippen LogP contribution in [0.15, 0.2) is 0 Å². The van der Waals surface area contributed by atoms with Gasteiger partial charge in [0.2, 0.25) is 0 Å². The molecule has 7 heteroatoms. The fourth-order valence-electron chi connectivity index (χ4n) is 0.987. The number of methoxy groups -OCH3 is 1. The topological polar surface area (TPSA) is 74.8 Å². The van der Waals surface area contributed by atoms with Crippen molar-refractivity contribution >= 4 is 39.9 Å². The molecule has 2 radical (unpaired) electrons. The fraction of sp³-hybridized carbons (Fsp3) is 0.286. The molecule has 0 spiro atoms. The molecule has 1 aromatic heterocycles. The van der Waals surface area contributed by atoms with Gasteiger partial charge in [0.15, 0.2) is 9.33 Å². The van der Waals surface area contributed by atoms with Gasteiger partial charge >= 0.3 is 0 Å². The van der Waals surface area contributed by atoms with Crippen LogP contribution in [0.4, 0.5) is 0 Å². The number of aryl methyl sites for hydroxylation is 1. The van der Waals surface area contributed by atoms with Crippen LogP contribution in [-0.4, -0.2) is 28.3 Å². The van der Waals surface area contributed by atoms with Gasteiger partial charge < -0.3 is 4.74 Å². The molecule has 0 fully saturated rings. The Balaban J connectivity index is 3.62. The number of rotatable bonds is 1. The van der Waals surface area contributed by atoms with Gasteiger partial charge in [-0.3, -0.25) is 15.4 Å². The smallest absolute Gasteiger partial charge is 0.257 e. The van der Waals surface area contributed by atoms with E-state index in [-0.39, 0.29) is 20.8 Å². The van der Waals surface area contributed by atoms with Gasteiger partial charge in [0, 0.05) is 0 Å². The molecule has 1 rings (SSSR count). The summed E-state index contributed by atoms with van der Waals surface area (Å²) in [4.78, 5) is 3.98. The van der Waals surface area contributed by atoms with E-state index in [9.17, 15) is 0 Å². The average molecular weight is 302 g/mol. The van der Waals surface area contributed by atoms with Gasteiger partial charge in [0.25, 0.3) is 5.88 Å². The van der Waals surface area contributed by atoms with Crippen LogP contribution in [0.3, 0.4) is 0 Å². The van der Waals surface area contributed by atoms with Crippen LogP contribution in [0, 0.1) is 17.7 Å². The second-order valence-electron chi connectivity index (χ2n) is 2.57. The molecule has 0 amide bonds. The summed E-state index contributed by atoms with van der Waals surface area (Å²) in [6.07, 6.45) is 0. The minimum absolute atomic E-state index is 0.0185. The van der Waals surface area contributed by atoms with Crippen molar-refractivity contribution < 1.29 is 4.74 Å². The third kappa shape index (κ3) is 1.81. The van der Waals surface area contributed by atoms with Crippen molar-refractivity contribution in [2.45, 2.75) is 6.92 Å². The number of hydrogen-bond donors (Lipinski definition) is 2. The predicted octanol–water partition coefficient (Wildman–Crippen LogP) is -0.309. The summed E-state index contributed by atoms with van der Waals surface area (Å²) in [5.41, 5.74) is 0.810. The highest BCUT2D eigenvalue weighted by Gasteiger charge is 2.09. The van der Waals surface area contributed by atoms with Crippen LogP contribution in [0.1, 0.15) is 5.69 Å². The van der Waals surface area contributed by atoms with E-state index in [2.05, 4.69) is 4.98 Å². The fourth-order valence-corrected chi connectivity index (χ4v) is 1.49. The van der Waals surface area contributed by atoms with E-state index in [0.717, 1.165) is 0 Å². The third-order valence-corrected chi connectivity index (χ3v) is 2.18. The lowest BCUT2D eigenvalue weighted by molar-refractivity contribution is 0.385. The minimum atomic E-state index is -0.0185. The second kappa shape index (κ2) is 4.12. The van der Waals surface area contributed by atoms with Crippen molar-refractivity contribution in [1.29, 1.82) is 10.8 Å². The van der Waals surface area contributed by atoms with E-state index in [4.69, 9.17) is 23.4 Å². The second-order valence-corrected chi connectivity index (χ2v) is 3.59. The molecule has 0 saturated carbocycles. The maximum absolute atomic E-state index is 7.66. The standard InChI is InChI=1S/C7H8BIN4O/c1-3-4(8)13(7(9)11)5(10)6(12-3)14-2/h10-11H,1-2H3. The Bertz CT molecular complexity index is 442. The van der Waals surface area contributed by atoms with Crippen LogP contribution in [0.25, 0.3) is 0 Å². The summed E-state index contributed by atoms with van der Waals surface area (Å²) < 4.78 is 6.30. The first-order valence-corrected chi connectivity index (χ1v) is 4.79. The molecule has 0 aromatic carbocycles. The Morgan fingerprint density at radius 1 is 1.64 bits per heavy atom. The zero-order chi connectivity index (χ0) is 10.9. The number of nitrogens with one attached hydrogen (secondary N) is 2. The maximum atomic E-state index is 7.66. The van der Waals surface area contributed by atoms with Gasteiger partial charge in [-0.25, -0.2) is 4.98 Å². The first kappa shape index (κ1) is 11.2. The predicted molar refractivity (Wildman–Crippen MR) is 61.9 cm³/mol. The molecule has 0 aliphatic carbocycles. The molecular weight excluding hydrogens is 294 g/mol. The van der Waals surface area contributed by atoms with Gasteiger partial charge in [-0.1, -0.05) is 0 Å². The number of ether oxygens (including phenoxy) is 1. The Kier molecular flexibility index (Phi) is 3.30. The van der Waals surface area contributed by atoms with Crippen LogP contribution in [-0.2, 0) is 0 Å². The Hall–Kier alpha value is -0.855. The Labute approximate surface area is 96.1 Å². The highest BCUT2D eigenvalue weighted by atomic mass is 127. The number of aromatic nitrogens is 2. The third-order valence-electron chi connectivity index (χ3n) is 1.70. The first-order valence-electron chi connectivity index (χ1n) is 3.71. The molecule has 72 valence electrons. The van der Waals surface area contributed by atoms with E-state index in [0.29, 0.717) is 5.69 Å². The van der Waals surface area contributed by atoms with Crippen molar-refractivity contribution in [1.82, 2.24) is 9.55 Å². The van der Waals surface area contributed by atoms with E-state index < -0.39 is 0 Å². The van der Waals surface area contributed by atoms with E-state index in [1.807, 2.05) is 0 Å². The van der Waals surface area contributed by atoms with E-state index in [1.54, 1.807) is 29.5 Å². The zero-order valence-electron chi connectivity index (χ0n) is 7.76. The lowest BCUT2D eigenvalue weighted by atomic mass is 10.0. The summed E-state index contributed by atoms with van der Waals surface area (Å²) in [7, 11) is 7.11. The van der Waals surface area contributed by atoms with E-state index in [1.165, 1.54) is 11.7 Å². The number of nitrogens with zero attached hydrogens (tertiary/aromatic N) is 2. The number of hydrogen-bond acceptors (Lipinski definition) is 4. The summed E-state index contributed by atoms with van der Waals surface area (Å²) >= 11 is 1.77. The highest BCUT2D eigenvalue weighted by Crippen LogP contribution is 1.98. The molecule has 0 bridgehead atoms. The molecule has 5 nitrogen and oxygen atoms in total. The van der Waals surface area contributed by atoms with E-state index >= 15 is 0 Å². The minimum Gasteiger partial charge on any atom is -0.478 e. The molecule has 0 atom stereocenters. The summed E-state index contributed by atoms with van der Waals surface area (Å²) in [5.74, 6) is 0.165. The van der Waals surface area contributed by atoms with Gasteiger partial charge in [-0.05, 0) is 35.1 Å². The summed E-state index contributed by atoms with van der Waals surface area (Å²) in [5, 5.41) is 15.1. The summed E-state index contributed by atoms with van der Waals surface area (Å²) in [6.45, 7) is 1.70. The Morgan fingerprint density at radius 2 is 2.21 bits per heavy atom. The van der Waals surface area contributed by atoms with Gasteiger partial charge in [0.1, 0.15) is 7.85 Å². The lowest BCUT2D eigenvalue weighted by Gasteiger charge is -2.12. The van der Waals surface area contributed by atoms with Crippen molar-refractivity contribution in [2.75, 3.05) is 7.11 Å². The van der Waals surface area contributed by atoms with Gasteiger partial charge in [-0.15, -0.1) is 0 Å². The lowest BCUT2D eigenvalue weighted by Crippen LogP contribution is -2.39. The maximum Gasteiger partial charge on any atom is 0.257 e. The van der Waals surface area contributed by atoms with Crippen molar-refractivity contribution in [3.8, 4) is 5.88 Å². The molecule has 0 saturated heterocycles. The Morgan fingerprint density at radius 3 is 2.64 bits per heavy atom. The quantitative estimate of drug-likeness (QED) is 0.323. The van der Waals surface area contributed by atoms with Crippen LogP contribution >= 0.6 is 22.6 Å². The van der Waals surface area contributed by atoms with Crippen molar-refractivity contribution in [3.05, 3.63) is 11.2 Å². The normalized spacial score (nSPS) is 9.93. The molecular formula is C7H8BIN4O. The largest absolute Gasteiger partial charge is 0.478 e. The van der Waals surface area contributed by atoms with Gasteiger partial charge in [-0.2, -0.15) is 0 Å². The molecule has 0 aliphatic heterocycles. The van der Waals surface area contributed by atoms with Crippen LogP contribution < -0.4 is 15.8 Å². The molecule has 14 heavy (non-hydrogen) atoms. The number of halogens is 1. The average Bonchev–Trinajstić information content (AvgIpc) is 2.11. The monoisotopic (exact) mass is 302 g/mol. The summed E-state index contributed by atoms with van der Waals surface area (Å²) in [6, 6.07) is 0. The van der Waals surface area contributed by atoms with Crippen molar-refractivity contribution in [3.63, 3.8) is 0 Å². The molecule has 1 heterocycles. The SMILES string of the molecule is [B]c1c(C)nc(OC)c(=N)n1C(=N)I. The molecule has 2 N–H and O–H groups in total. The van der Waals surface area contributed by atoms with Crippen molar-refractivity contribution in [2.24, 2.45) is 0 Å². The molecule has 0 unspecified atom stereocenters. The first-order chi connectivity index (χ1) is 6.49. The van der Waals surface area contributed by atoms with Gasteiger partial charge in [0.05, 0.1) is 12.8 Å². The molecule has 0 aliphatic rings. The zero-order valence-corrected chi connectivity index (χ0v) is 9.92. The van der Waals surface area contributed by atoms with Crippen LogP contribution in [0.5, 0.6) is 5.88 Å².